The summed E-state index contributed by atoms with van der Waals surface area (Å²) in [6.07, 6.45) is 0.669. The number of hydrogen-bond acceptors (Lipinski definition) is 3. The quantitative estimate of drug-likeness (QED) is 0.373. The van der Waals surface area contributed by atoms with Gasteiger partial charge in [0.1, 0.15) is 6.04 Å². The van der Waals surface area contributed by atoms with E-state index in [-0.39, 0.29) is 13.0 Å². The van der Waals surface area contributed by atoms with Gasteiger partial charge in [0, 0.05) is 22.1 Å². The van der Waals surface area contributed by atoms with Crippen LogP contribution < -0.4 is 5.32 Å². The molecule has 3 amide bonds. The lowest BCUT2D eigenvalue weighted by Gasteiger charge is -2.24. The molecule has 0 aliphatic rings. The van der Waals surface area contributed by atoms with Crippen LogP contribution in [0.3, 0.4) is 0 Å². The summed E-state index contributed by atoms with van der Waals surface area (Å²) in [7, 11) is 0. The molecule has 3 aromatic rings. The lowest BCUT2D eigenvalue weighted by molar-refractivity contribution is -0.139. The summed E-state index contributed by atoms with van der Waals surface area (Å²) in [5, 5.41) is 12.2. The van der Waals surface area contributed by atoms with Gasteiger partial charge in [0.05, 0.1) is 0 Å². The van der Waals surface area contributed by atoms with E-state index in [4.69, 9.17) is 0 Å². The van der Waals surface area contributed by atoms with Crippen LogP contribution >= 0.6 is 22.6 Å². The molecule has 0 saturated heterocycles. The second-order valence-electron chi connectivity index (χ2n) is 7.57. The first-order valence-electron chi connectivity index (χ1n) is 10.6. The predicted molar refractivity (Wildman–Crippen MR) is 136 cm³/mol. The fraction of sp³-hybridized carbons (Fsp3) is 0.192. The Bertz CT molecular complexity index is 1120. The van der Waals surface area contributed by atoms with Crippen LogP contribution in [-0.4, -0.2) is 40.5 Å². The van der Waals surface area contributed by atoms with Crippen molar-refractivity contribution in [1.29, 1.82) is 0 Å². The summed E-state index contributed by atoms with van der Waals surface area (Å²) in [4.78, 5) is 39.1. The molecule has 0 spiro atoms. The highest BCUT2D eigenvalue weighted by atomic mass is 127. The van der Waals surface area contributed by atoms with Crippen molar-refractivity contribution in [1.82, 2.24) is 10.2 Å². The van der Waals surface area contributed by atoms with Gasteiger partial charge in [-0.15, -0.1) is 0 Å². The Hall–Kier alpha value is -3.20. The van der Waals surface area contributed by atoms with Gasteiger partial charge in [0.15, 0.2) is 0 Å². The minimum atomic E-state index is -1.16. The Morgan fingerprint density at radius 1 is 0.939 bits per heavy atom. The Morgan fingerprint density at radius 3 is 2.24 bits per heavy atom. The molecule has 0 bridgehead atoms. The maximum absolute atomic E-state index is 13.2. The molecule has 3 aromatic carbocycles. The molecule has 0 fully saturated rings. The number of hydrogen-bond donors (Lipinski definition) is 2. The molecule has 33 heavy (non-hydrogen) atoms. The number of carbonyl (C=O) groups is 3. The van der Waals surface area contributed by atoms with E-state index < -0.39 is 23.9 Å². The van der Waals surface area contributed by atoms with E-state index in [0.29, 0.717) is 12.0 Å². The van der Waals surface area contributed by atoms with Crippen molar-refractivity contribution in [2.24, 2.45) is 0 Å². The molecular formula is C26H25IN2O4. The Labute approximate surface area is 206 Å². The average molecular weight is 556 g/mol. The molecule has 0 saturated carbocycles. The van der Waals surface area contributed by atoms with Crippen LogP contribution in [0, 0.1) is 3.57 Å². The number of nitrogens with one attached hydrogen (secondary N) is 1. The van der Waals surface area contributed by atoms with Gasteiger partial charge in [-0.25, -0.2) is 9.59 Å². The fourth-order valence-electron chi connectivity index (χ4n) is 3.42. The smallest absolute Gasteiger partial charge is 0.326 e. The number of amides is 3. The van der Waals surface area contributed by atoms with Crippen molar-refractivity contribution in [2.75, 3.05) is 6.54 Å². The molecule has 6 nitrogen and oxygen atoms in total. The van der Waals surface area contributed by atoms with E-state index in [9.17, 15) is 19.5 Å². The van der Waals surface area contributed by atoms with E-state index in [2.05, 4.69) is 27.9 Å². The van der Waals surface area contributed by atoms with Gasteiger partial charge in [-0.05, 0) is 70.0 Å². The molecule has 2 N–H and O–H groups in total. The molecule has 170 valence electrons. The first-order valence-corrected chi connectivity index (χ1v) is 11.7. The largest absolute Gasteiger partial charge is 0.480 e. The van der Waals surface area contributed by atoms with E-state index in [0.717, 1.165) is 25.2 Å². The van der Waals surface area contributed by atoms with E-state index >= 15 is 0 Å². The van der Waals surface area contributed by atoms with Crippen LogP contribution in [0.4, 0.5) is 4.79 Å². The number of benzene rings is 3. The molecule has 7 heteroatoms. The molecule has 1 atom stereocenters. The SMILES string of the molecule is CCCN(C(=O)N[C@@H](Cc1ccc(I)cc1)C(=O)O)C(=O)c1cccc(-c2ccccc2)c1. The average Bonchev–Trinajstić information content (AvgIpc) is 2.83. The summed E-state index contributed by atoms with van der Waals surface area (Å²) in [5.74, 6) is -1.62. The Kier molecular flexibility index (Phi) is 8.59. The molecule has 3 rings (SSSR count). The summed E-state index contributed by atoms with van der Waals surface area (Å²) < 4.78 is 1.03. The molecule has 0 aliphatic carbocycles. The number of nitrogens with zero attached hydrogens (tertiary/aromatic N) is 1. The van der Waals surface area contributed by atoms with Crippen molar-refractivity contribution in [3.8, 4) is 11.1 Å². The summed E-state index contributed by atoms with van der Waals surface area (Å²) >= 11 is 2.17. The summed E-state index contributed by atoms with van der Waals surface area (Å²) in [6.45, 7) is 2.03. The lowest BCUT2D eigenvalue weighted by atomic mass is 10.0. The number of rotatable bonds is 8. The predicted octanol–water partition coefficient (Wildman–Crippen LogP) is 5.22. The molecule has 0 aliphatic heterocycles. The zero-order valence-electron chi connectivity index (χ0n) is 18.2. The van der Waals surface area contributed by atoms with Crippen molar-refractivity contribution in [2.45, 2.75) is 25.8 Å². The van der Waals surface area contributed by atoms with Gasteiger partial charge in [0.25, 0.3) is 5.91 Å². The molecule has 0 radical (unpaired) electrons. The third-order valence-corrected chi connectivity index (χ3v) is 5.82. The summed E-state index contributed by atoms with van der Waals surface area (Å²) in [6, 6.07) is 22.3. The number of aliphatic carboxylic acids is 1. The number of imide groups is 1. The zero-order valence-corrected chi connectivity index (χ0v) is 20.4. The summed E-state index contributed by atoms with van der Waals surface area (Å²) in [5.41, 5.74) is 2.97. The van der Waals surface area contributed by atoms with E-state index in [1.54, 1.807) is 18.2 Å². The van der Waals surface area contributed by atoms with E-state index in [1.165, 1.54) is 0 Å². The second kappa shape index (κ2) is 11.6. The van der Waals surface area contributed by atoms with Gasteiger partial charge >= 0.3 is 12.0 Å². The fourth-order valence-corrected chi connectivity index (χ4v) is 3.78. The number of carboxylic acids is 1. The van der Waals surface area contributed by atoms with Gasteiger partial charge in [-0.3, -0.25) is 9.69 Å². The van der Waals surface area contributed by atoms with Crippen molar-refractivity contribution in [3.63, 3.8) is 0 Å². The lowest BCUT2D eigenvalue weighted by Crippen LogP contribution is -2.51. The molecule has 0 unspecified atom stereocenters. The van der Waals surface area contributed by atoms with Crippen molar-refractivity contribution >= 4 is 40.5 Å². The highest BCUT2D eigenvalue weighted by Crippen LogP contribution is 2.21. The van der Waals surface area contributed by atoms with E-state index in [1.807, 2.05) is 67.6 Å². The number of urea groups is 1. The molecule has 0 heterocycles. The maximum atomic E-state index is 13.2. The van der Waals surface area contributed by atoms with Gasteiger partial charge in [-0.2, -0.15) is 0 Å². The molecular weight excluding hydrogens is 531 g/mol. The first-order chi connectivity index (χ1) is 15.9. The van der Waals surface area contributed by atoms with Gasteiger partial charge < -0.3 is 10.4 Å². The highest BCUT2D eigenvalue weighted by molar-refractivity contribution is 14.1. The second-order valence-corrected chi connectivity index (χ2v) is 8.82. The monoisotopic (exact) mass is 556 g/mol. The third-order valence-electron chi connectivity index (χ3n) is 5.10. The minimum absolute atomic E-state index is 0.121. The van der Waals surface area contributed by atoms with Crippen LogP contribution in [0.5, 0.6) is 0 Å². The Balaban J connectivity index is 1.79. The van der Waals surface area contributed by atoms with Crippen LogP contribution in [-0.2, 0) is 11.2 Å². The number of halogens is 1. The number of carbonyl (C=O) groups excluding carboxylic acids is 2. The molecule has 0 aromatic heterocycles. The number of carboxylic acid groups (broad SMARTS) is 1. The minimum Gasteiger partial charge on any atom is -0.480 e. The van der Waals surface area contributed by atoms with Crippen molar-refractivity contribution in [3.05, 3.63) is 93.6 Å². The van der Waals surface area contributed by atoms with Gasteiger partial charge in [0.2, 0.25) is 0 Å². The third kappa shape index (κ3) is 6.64. The first kappa shape index (κ1) is 24.4. The van der Waals surface area contributed by atoms with Crippen LogP contribution in [0.2, 0.25) is 0 Å². The van der Waals surface area contributed by atoms with Crippen LogP contribution in [0.15, 0.2) is 78.9 Å². The van der Waals surface area contributed by atoms with Crippen LogP contribution in [0.1, 0.15) is 29.3 Å². The van der Waals surface area contributed by atoms with Crippen LogP contribution in [0.25, 0.3) is 11.1 Å². The highest BCUT2D eigenvalue weighted by Gasteiger charge is 2.27. The van der Waals surface area contributed by atoms with Crippen molar-refractivity contribution < 1.29 is 19.5 Å². The van der Waals surface area contributed by atoms with Gasteiger partial charge in [-0.1, -0.05) is 61.5 Å². The zero-order chi connectivity index (χ0) is 23.8. The normalized spacial score (nSPS) is 11.5. The maximum Gasteiger partial charge on any atom is 0.326 e. The Morgan fingerprint density at radius 2 is 1.61 bits per heavy atom. The topological polar surface area (TPSA) is 86.7 Å². The standard InChI is InChI=1S/C26H25IN2O4/c1-2-15-29(24(30)21-10-6-9-20(17-21)19-7-4-3-5-8-19)26(33)28-23(25(31)32)16-18-11-13-22(27)14-12-18/h3-14,17,23H,2,15-16H2,1H3,(H,28,33)(H,31,32)/t23-/m0/s1.